The van der Waals surface area contributed by atoms with Crippen molar-refractivity contribution in [2.45, 2.75) is 25.8 Å². The molecule has 6 heteroatoms. The van der Waals surface area contributed by atoms with Gasteiger partial charge in [-0.1, -0.05) is 6.07 Å². The Labute approximate surface area is 137 Å². The smallest absolute Gasteiger partial charge is 0.354 e. The van der Waals surface area contributed by atoms with E-state index in [-0.39, 0.29) is 17.4 Å². The lowest BCUT2D eigenvalue weighted by Gasteiger charge is -2.10. The molecule has 5 nitrogen and oxygen atoms in total. The van der Waals surface area contributed by atoms with Gasteiger partial charge in [0.05, 0.1) is 16.9 Å². The van der Waals surface area contributed by atoms with Gasteiger partial charge in [0, 0.05) is 23.8 Å². The molecular weight excluding hydrogens is 309 g/mol. The number of carboxylic acids is 1. The number of carbonyl (C=O) groups is 1. The summed E-state index contributed by atoms with van der Waals surface area (Å²) < 4.78 is 16.0. The van der Waals surface area contributed by atoms with Gasteiger partial charge in [0.2, 0.25) is 0 Å². The van der Waals surface area contributed by atoms with Gasteiger partial charge < -0.3 is 15.0 Å². The van der Waals surface area contributed by atoms with E-state index in [1.807, 2.05) is 4.57 Å². The third kappa shape index (κ3) is 2.31. The van der Waals surface area contributed by atoms with Crippen LogP contribution in [-0.4, -0.2) is 20.6 Å². The van der Waals surface area contributed by atoms with Gasteiger partial charge in [0.15, 0.2) is 5.69 Å². The molecule has 2 aromatic heterocycles. The molecule has 0 unspecified atom stereocenters. The molecule has 122 valence electrons. The second kappa shape index (κ2) is 5.33. The highest BCUT2D eigenvalue weighted by Gasteiger charge is 2.32. The number of aryl methyl sites for hydroxylation is 1. The molecule has 0 aliphatic heterocycles. The van der Waals surface area contributed by atoms with E-state index in [1.54, 1.807) is 37.5 Å². The van der Waals surface area contributed by atoms with Crippen LogP contribution in [-0.2, 0) is 0 Å². The van der Waals surface area contributed by atoms with E-state index in [4.69, 9.17) is 0 Å². The molecule has 1 aromatic carbocycles. The Balaban J connectivity index is 1.93. The van der Waals surface area contributed by atoms with Crippen molar-refractivity contribution in [1.29, 1.82) is 0 Å². The van der Waals surface area contributed by atoms with Crippen molar-refractivity contribution in [1.82, 2.24) is 9.55 Å². The first-order valence-corrected chi connectivity index (χ1v) is 7.80. The molecule has 4 rings (SSSR count). The van der Waals surface area contributed by atoms with Crippen molar-refractivity contribution in [3.63, 3.8) is 0 Å². The third-order valence-corrected chi connectivity index (χ3v) is 4.30. The fourth-order valence-corrected chi connectivity index (χ4v) is 3.06. The minimum absolute atomic E-state index is 0.153. The second-order valence-corrected chi connectivity index (χ2v) is 6.13. The number of nitrogens with one attached hydrogen (secondary N) is 1. The molecule has 0 atom stereocenters. The highest BCUT2D eigenvalue weighted by atomic mass is 19.1. The lowest BCUT2D eigenvalue weighted by atomic mass is 10.2. The monoisotopic (exact) mass is 325 g/mol. The Morgan fingerprint density at radius 3 is 2.83 bits per heavy atom. The molecule has 0 saturated heterocycles. The number of aromatic nitrogens is 2. The molecule has 0 radical (unpaired) electrons. The van der Waals surface area contributed by atoms with Crippen molar-refractivity contribution < 1.29 is 14.3 Å². The number of rotatable bonds is 4. The maximum absolute atomic E-state index is 14.2. The highest BCUT2D eigenvalue weighted by Crippen LogP contribution is 2.43. The summed E-state index contributed by atoms with van der Waals surface area (Å²) in [6.45, 7) is 1.80. The van der Waals surface area contributed by atoms with Gasteiger partial charge in [0.25, 0.3) is 0 Å². The van der Waals surface area contributed by atoms with Crippen LogP contribution < -0.4 is 5.32 Å². The Hall–Kier alpha value is -2.89. The largest absolute Gasteiger partial charge is 0.477 e. The zero-order chi connectivity index (χ0) is 16.8. The number of nitrogens with zero attached hydrogens (tertiary/aromatic N) is 2. The summed E-state index contributed by atoms with van der Waals surface area (Å²) in [6, 6.07) is 6.80. The number of anilines is 2. The van der Waals surface area contributed by atoms with Crippen LogP contribution in [0.5, 0.6) is 0 Å². The van der Waals surface area contributed by atoms with E-state index >= 15 is 0 Å². The minimum atomic E-state index is -1.03. The van der Waals surface area contributed by atoms with E-state index in [0.29, 0.717) is 11.1 Å². The van der Waals surface area contributed by atoms with Crippen molar-refractivity contribution in [2.24, 2.45) is 0 Å². The van der Waals surface area contributed by atoms with Gasteiger partial charge in [-0.25, -0.2) is 9.18 Å². The molecule has 24 heavy (non-hydrogen) atoms. The standard InChI is InChI=1S/C18H16FN3O2/c1-10-2-5-14(13(19)8-10)21-16-12-9-20-7-6-15(12)22(11-3-4-11)17(16)18(23)24/h2,5-9,11,21H,3-4H2,1H3,(H,23,24). The molecule has 3 aromatic rings. The topological polar surface area (TPSA) is 67.2 Å². The number of pyridine rings is 1. The van der Waals surface area contributed by atoms with Crippen molar-refractivity contribution in [3.05, 3.63) is 53.7 Å². The van der Waals surface area contributed by atoms with Crippen LogP contribution in [0.4, 0.5) is 15.8 Å². The summed E-state index contributed by atoms with van der Waals surface area (Å²) in [6.07, 6.45) is 5.16. The molecule has 1 saturated carbocycles. The van der Waals surface area contributed by atoms with Crippen LogP contribution in [0.15, 0.2) is 36.7 Å². The predicted molar refractivity (Wildman–Crippen MR) is 89.4 cm³/mol. The normalized spacial score (nSPS) is 14.1. The number of aromatic carboxylic acids is 1. The summed E-state index contributed by atoms with van der Waals surface area (Å²) in [5.74, 6) is -1.45. The predicted octanol–water partition coefficient (Wildman–Crippen LogP) is 4.26. The molecule has 2 heterocycles. The Kier molecular flexibility index (Phi) is 3.26. The van der Waals surface area contributed by atoms with Crippen LogP contribution in [0.3, 0.4) is 0 Å². The fourth-order valence-electron chi connectivity index (χ4n) is 3.06. The van der Waals surface area contributed by atoms with Crippen LogP contribution in [0.2, 0.25) is 0 Å². The summed E-state index contributed by atoms with van der Waals surface area (Å²) >= 11 is 0. The van der Waals surface area contributed by atoms with Crippen LogP contribution in [0.25, 0.3) is 10.9 Å². The van der Waals surface area contributed by atoms with Crippen molar-refractivity contribution in [2.75, 3.05) is 5.32 Å². The molecule has 1 fully saturated rings. The number of fused-ring (bicyclic) bond motifs is 1. The Bertz CT molecular complexity index is 960. The summed E-state index contributed by atoms with van der Waals surface area (Å²) in [4.78, 5) is 16.0. The first-order chi connectivity index (χ1) is 11.6. The van der Waals surface area contributed by atoms with Gasteiger partial charge in [-0.2, -0.15) is 0 Å². The van der Waals surface area contributed by atoms with E-state index in [0.717, 1.165) is 23.9 Å². The second-order valence-electron chi connectivity index (χ2n) is 6.13. The van der Waals surface area contributed by atoms with Crippen LogP contribution in [0, 0.1) is 12.7 Å². The van der Waals surface area contributed by atoms with Gasteiger partial charge in [-0.05, 0) is 43.5 Å². The van der Waals surface area contributed by atoms with Crippen molar-refractivity contribution >= 4 is 28.2 Å². The summed E-state index contributed by atoms with van der Waals surface area (Å²) in [5.41, 5.74) is 2.40. The zero-order valence-corrected chi connectivity index (χ0v) is 13.1. The highest BCUT2D eigenvalue weighted by molar-refractivity contribution is 6.07. The molecule has 1 aliphatic carbocycles. The number of carboxylic acid groups (broad SMARTS) is 1. The van der Waals surface area contributed by atoms with E-state index in [2.05, 4.69) is 10.3 Å². The average molecular weight is 325 g/mol. The van der Waals surface area contributed by atoms with E-state index < -0.39 is 11.8 Å². The Morgan fingerprint density at radius 1 is 1.38 bits per heavy atom. The number of halogens is 1. The number of hydrogen-bond donors (Lipinski definition) is 2. The molecule has 0 bridgehead atoms. The molecular formula is C18H16FN3O2. The van der Waals surface area contributed by atoms with Crippen LogP contribution in [0.1, 0.15) is 34.9 Å². The number of benzene rings is 1. The van der Waals surface area contributed by atoms with Crippen LogP contribution >= 0.6 is 0 Å². The first-order valence-electron chi connectivity index (χ1n) is 7.80. The van der Waals surface area contributed by atoms with E-state index in [1.165, 1.54) is 6.07 Å². The van der Waals surface area contributed by atoms with Gasteiger partial charge in [-0.3, -0.25) is 4.98 Å². The molecule has 0 spiro atoms. The SMILES string of the molecule is Cc1ccc(Nc2c(C(=O)O)n(C3CC3)c3ccncc23)c(F)c1. The molecule has 2 N–H and O–H groups in total. The fraction of sp³-hybridized carbons (Fsp3) is 0.222. The van der Waals surface area contributed by atoms with Crippen molar-refractivity contribution in [3.8, 4) is 0 Å². The maximum Gasteiger partial charge on any atom is 0.354 e. The zero-order valence-electron chi connectivity index (χ0n) is 13.1. The third-order valence-electron chi connectivity index (χ3n) is 4.30. The average Bonchev–Trinajstić information content (AvgIpc) is 3.33. The number of hydrogen-bond acceptors (Lipinski definition) is 3. The summed E-state index contributed by atoms with van der Waals surface area (Å²) in [5, 5.41) is 13.4. The summed E-state index contributed by atoms with van der Waals surface area (Å²) in [7, 11) is 0. The molecule has 0 amide bonds. The van der Waals surface area contributed by atoms with Gasteiger partial charge >= 0.3 is 5.97 Å². The quantitative estimate of drug-likeness (QED) is 0.752. The first kappa shape index (κ1) is 14.7. The maximum atomic E-state index is 14.2. The van der Waals surface area contributed by atoms with Gasteiger partial charge in [-0.15, -0.1) is 0 Å². The Morgan fingerprint density at radius 2 is 2.17 bits per heavy atom. The van der Waals surface area contributed by atoms with E-state index in [9.17, 15) is 14.3 Å². The molecule has 1 aliphatic rings. The lowest BCUT2D eigenvalue weighted by molar-refractivity contribution is 0.0686. The lowest BCUT2D eigenvalue weighted by Crippen LogP contribution is -2.09. The minimum Gasteiger partial charge on any atom is -0.477 e. The van der Waals surface area contributed by atoms with Gasteiger partial charge in [0.1, 0.15) is 5.82 Å².